The predicted molar refractivity (Wildman–Crippen MR) is 246 cm³/mol. The Labute approximate surface area is 435 Å². The number of rotatable bonds is 5. The van der Waals surface area contributed by atoms with Crippen molar-refractivity contribution in [3.8, 4) is 51.7 Å². The van der Waals surface area contributed by atoms with Gasteiger partial charge in [-0.3, -0.25) is 25.5 Å². The molecule has 23 heteroatoms. The van der Waals surface area contributed by atoms with Crippen LogP contribution in [0, 0.1) is 18.4 Å². The third-order valence-electron chi connectivity index (χ3n) is 8.72. The number of alkyl halides is 3. The van der Waals surface area contributed by atoms with Crippen LogP contribution >= 0.6 is 0 Å². The zero-order valence-corrected chi connectivity index (χ0v) is 43.4. The topological polar surface area (TPSA) is 220 Å². The maximum atomic E-state index is 12.2. The van der Waals surface area contributed by atoms with E-state index in [1.54, 1.807) is 46.3 Å². The van der Waals surface area contributed by atoms with Gasteiger partial charge in [0.2, 0.25) is 0 Å². The van der Waals surface area contributed by atoms with E-state index in [-0.39, 0.29) is 57.7 Å². The number of aromatic nitrogens is 18. The molecule has 10 rings (SSSR count). The van der Waals surface area contributed by atoms with Gasteiger partial charge in [-0.1, -0.05) is 65.4 Å². The first-order valence-corrected chi connectivity index (χ1v) is 20.7. The molecule has 2 aromatic carbocycles. The van der Waals surface area contributed by atoms with Crippen LogP contribution in [0.3, 0.4) is 0 Å². The molecule has 0 saturated carbocycles. The number of hydrogen-bond acceptors (Lipinski definition) is 13. The molecule has 364 valence electrons. The second-order valence-electron chi connectivity index (χ2n) is 16.1. The summed E-state index contributed by atoms with van der Waals surface area (Å²) in [5.74, 6) is 4.86. The Morgan fingerprint density at radius 1 is 0.563 bits per heavy atom. The van der Waals surface area contributed by atoms with Crippen molar-refractivity contribution in [3.05, 3.63) is 183 Å². The molecular weight excluding hydrogens is 1270 g/mol. The summed E-state index contributed by atoms with van der Waals surface area (Å²) in [6.45, 7) is 12.3. The van der Waals surface area contributed by atoms with E-state index in [1.165, 1.54) is 31.2 Å². The minimum absolute atomic E-state index is 0. The Bertz CT molecular complexity index is 2820. The van der Waals surface area contributed by atoms with Crippen LogP contribution < -0.4 is 15.3 Å². The Hall–Kier alpha value is -7.72. The summed E-state index contributed by atoms with van der Waals surface area (Å²) >= 11 is 0. The minimum atomic E-state index is -4.47. The summed E-state index contributed by atoms with van der Waals surface area (Å²) in [7, 11) is 0. The Morgan fingerprint density at radius 3 is 1.37 bits per heavy atom. The molecule has 0 aliphatic heterocycles. The summed E-state index contributed by atoms with van der Waals surface area (Å²) in [4.78, 5) is 31.9. The second kappa shape index (κ2) is 26.3. The molecule has 0 atom stereocenters. The Morgan fingerprint density at radius 2 is 1.03 bits per heavy atom. The van der Waals surface area contributed by atoms with Gasteiger partial charge in [-0.15, -0.1) is 35.9 Å². The van der Waals surface area contributed by atoms with Crippen LogP contribution in [0.2, 0.25) is 0 Å². The van der Waals surface area contributed by atoms with E-state index in [0.29, 0.717) is 28.7 Å². The van der Waals surface area contributed by atoms with E-state index < -0.39 is 11.9 Å². The van der Waals surface area contributed by atoms with Gasteiger partial charge in [-0.2, -0.15) is 29.4 Å². The van der Waals surface area contributed by atoms with Crippen molar-refractivity contribution < 1.29 is 54.3 Å². The van der Waals surface area contributed by atoms with Gasteiger partial charge in [0, 0.05) is 65.9 Å². The van der Waals surface area contributed by atoms with Crippen LogP contribution in [0.1, 0.15) is 64.4 Å². The number of nitrogens with zero attached hydrogens (tertiary/aromatic N) is 18. The quantitative estimate of drug-likeness (QED) is 0.121. The third-order valence-corrected chi connectivity index (χ3v) is 8.72. The van der Waals surface area contributed by atoms with E-state index in [0.717, 1.165) is 34.7 Å². The average Bonchev–Trinajstić information content (AvgIpc) is 4.23. The zero-order chi connectivity index (χ0) is 49.3. The summed E-state index contributed by atoms with van der Waals surface area (Å²) in [6.07, 6.45) is 18.4. The van der Waals surface area contributed by atoms with Crippen LogP contribution in [0.15, 0.2) is 147 Å². The fourth-order valence-electron chi connectivity index (χ4n) is 5.24. The summed E-state index contributed by atoms with van der Waals surface area (Å²) in [5.41, 5.74) is 3.25. The first-order chi connectivity index (χ1) is 33.1. The monoisotopic (exact) mass is 1320 g/mol. The molecule has 0 radical (unpaired) electrons. The Balaban J connectivity index is 0.000000194. The van der Waals surface area contributed by atoms with Gasteiger partial charge in [0.15, 0.2) is 0 Å². The van der Waals surface area contributed by atoms with Crippen LogP contribution in [0.5, 0.6) is 0 Å². The van der Waals surface area contributed by atoms with Crippen LogP contribution in [-0.4, -0.2) is 74.7 Å². The standard InChI is InChI=1S/C12H9N4.2C10H12N5.C8H4F3N4.C8H5.Ir.Pt/c1-4-11(15-8-2-6-13-15)10-12(5-1)16-9-3-7-14-16;2*1-10(2,3)9-13-8(14-15-9)7-4-5-11-6-12-7;9-8(10,11)7-3-6(14-15-7)5-1-2-12-4-13-5;1-2-8-6-4-3-5-7-8;;/h1-9H;2*4-6H,1-3H3;1-4H;3-7H;;/q5*-1;+3;+2. The fraction of sp³-hybridized carbons (Fsp3) is 0.188. The molecule has 0 bridgehead atoms. The SMILES string of the molecule is CC(C)(C)c1n[n-]c(-c2ccncn2)n1.CC(C)(C)c1n[n-]c(-c2ccncn2)n1.FC(F)(F)c1cc(-c2ccncn2)[n-]n1.[C-]#Cc1ccccc1.[Ir+3].[Pt+2].[c-]1c(-n2cccn2)cccc1-n1cccn1. The summed E-state index contributed by atoms with van der Waals surface area (Å²) < 4.78 is 40.1. The number of halogens is 3. The van der Waals surface area contributed by atoms with Crippen molar-refractivity contribution in [1.82, 2.24) is 90.0 Å². The molecule has 8 aromatic heterocycles. The normalized spacial score (nSPS) is 10.6. The van der Waals surface area contributed by atoms with Crippen molar-refractivity contribution in [2.45, 2.75) is 58.5 Å². The smallest absolute Gasteiger partial charge is 0.573 e. The number of hydrogen-bond donors (Lipinski definition) is 0. The van der Waals surface area contributed by atoms with Gasteiger partial charge in [0.1, 0.15) is 24.7 Å². The summed E-state index contributed by atoms with van der Waals surface area (Å²) in [6, 6.07) is 28.1. The Kier molecular flexibility index (Phi) is 20.7. The van der Waals surface area contributed by atoms with Crippen molar-refractivity contribution in [1.29, 1.82) is 0 Å². The van der Waals surface area contributed by atoms with Crippen LogP contribution in [-0.2, 0) is 58.2 Å². The number of benzene rings is 2. The maximum absolute atomic E-state index is 12.2. The first kappa shape index (κ1) is 55.9. The summed E-state index contributed by atoms with van der Waals surface area (Å²) in [5, 5.41) is 30.8. The molecule has 0 aliphatic carbocycles. The van der Waals surface area contributed by atoms with Crippen molar-refractivity contribution in [2.24, 2.45) is 0 Å². The van der Waals surface area contributed by atoms with E-state index in [1.807, 2.05) is 115 Å². The van der Waals surface area contributed by atoms with Crippen LogP contribution in [0.4, 0.5) is 13.2 Å². The van der Waals surface area contributed by atoms with Gasteiger partial charge in [-0.05, 0) is 59.4 Å². The predicted octanol–water partition coefficient (Wildman–Crippen LogP) is 7.37. The fourth-order valence-corrected chi connectivity index (χ4v) is 5.24. The van der Waals surface area contributed by atoms with E-state index >= 15 is 0 Å². The largest absolute Gasteiger partial charge is 3.00 e. The molecular formula is C48H42F3IrN18Pt. The average molecular weight is 1320 g/mol. The molecule has 18 nitrogen and oxygen atoms in total. The molecule has 0 saturated heterocycles. The molecule has 0 N–H and O–H groups in total. The molecule has 0 fully saturated rings. The van der Waals surface area contributed by atoms with Crippen molar-refractivity contribution in [2.75, 3.05) is 0 Å². The van der Waals surface area contributed by atoms with E-state index in [4.69, 9.17) is 6.42 Å². The van der Waals surface area contributed by atoms with Gasteiger partial charge in [0.25, 0.3) is 0 Å². The zero-order valence-electron chi connectivity index (χ0n) is 38.7. The van der Waals surface area contributed by atoms with Gasteiger partial charge < -0.3 is 36.8 Å². The molecule has 0 unspecified atom stereocenters. The van der Waals surface area contributed by atoms with Gasteiger partial charge in [0.05, 0.1) is 17.1 Å². The molecule has 8 heterocycles. The van der Waals surface area contributed by atoms with E-state index in [2.05, 4.69) is 92.6 Å². The van der Waals surface area contributed by atoms with Crippen LogP contribution in [0.25, 0.3) is 45.8 Å². The molecule has 71 heavy (non-hydrogen) atoms. The third kappa shape index (κ3) is 17.0. The maximum Gasteiger partial charge on any atom is 3.00 e. The second-order valence-corrected chi connectivity index (χ2v) is 16.1. The van der Waals surface area contributed by atoms with Crippen molar-refractivity contribution >= 4 is 0 Å². The molecule has 0 spiro atoms. The molecule has 10 aromatic rings. The van der Waals surface area contributed by atoms with Crippen molar-refractivity contribution in [3.63, 3.8) is 0 Å². The molecule has 0 amide bonds. The first-order valence-electron chi connectivity index (χ1n) is 20.7. The van der Waals surface area contributed by atoms with E-state index in [9.17, 15) is 13.2 Å². The van der Waals surface area contributed by atoms with Gasteiger partial charge in [-0.25, -0.2) is 29.9 Å². The van der Waals surface area contributed by atoms with Gasteiger partial charge >= 0.3 is 47.3 Å². The minimum Gasteiger partial charge on any atom is -0.573 e. The molecule has 0 aliphatic rings.